The van der Waals surface area contributed by atoms with Crippen LogP contribution >= 0.6 is 0 Å². The fourth-order valence-electron chi connectivity index (χ4n) is 1.66. The maximum absolute atomic E-state index is 11.9. The Kier molecular flexibility index (Phi) is 5.87. The Bertz CT molecular complexity index is 490. The third kappa shape index (κ3) is 6.23. The van der Waals surface area contributed by atoms with Gasteiger partial charge in [-0.05, 0) is 19.8 Å². The predicted octanol–water partition coefficient (Wildman–Crippen LogP) is 1.27. The Balaban J connectivity index is 2.26. The molecule has 21 heavy (non-hydrogen) atoms. The summed E-state index contributed by atoms with van der Waals surface area (Å²) in [6.07, 6.45) is -0.963. The molecule has 0 atom stereocenters. The highest BCUT2D eigenvalue weighted by Crippen LogP contribution is 2.18. The van der Waals surface area contributed by atoms with Crippen molar-refractivity contribution in [1.29, 1.82) is 0 Å². The summed E-state index contributed by atoms with van der Waals surface area (Å²) in [6, 6.07) is 0. The van der Waals surface area contributed by atoms with Crippen molar-refractivity contribution in [1.82, 2.24) is 9.80 Å². The fraction of sp³-hybridized carbons (Fsp3) is 0.727. The van der Waals surface area contributed by atoms with Gasteiger partial charge >= 0.3 is 22.3 Å². The van der Waals surface area contributed by atoms with Crippen LogP contribution in [-0.2, 0) is 19.1 Å². The smallest absolute Gasteiger partial charge is 0.359 e. The van der Waals surface area contributed by atoms with E-state index in [1.54, 1.807) is 0 Å². The predicted molar refractivity (Wildman–Crippen MR) is 68.3 cm³/mol. The zero-order valence-corrected chi connectivity index (χ0v) is 12.3. The zero-order valence-electron chi connectivity index (χ0n) is 11.5. The Morgan fingerprint density at radius 3 is 2.38 bits per heavy atom. The van der Waals surface area contributed by atoms with Gasteiger partial charge in [0.2, 0.25) is 0 Å². The van der Waals surface area contributed by atoms with Crippen molar-refractivity contribution >= 4 is 16.1 Å². The van der Waals surface area contributed by atoms with Crippen molar-refractivity contribution in [3.8, 4) is 0 Å². The van der Waals surface area contributed by atoms with Crippen LogP contribution in [0.5, 0.6) is 0 Å². The van der Waals surface area contributed by atoms with Gasteiger partial charge in [-0.1, -0.05) is 0 Å². The molecule has 0 bridgehead atoms. The Hall–Kier alpha value is -1.45. The molecule has 0 radical (unpaired) electrons. The molecule has 0 saturated carbocycles. The number of unbranched alkanes of at least 4 members (excludes halogenated alkanes) is 1. The number of nitrogens with zero attached hydrogens (tertiary/aromatic N) is 2. The van der Waals surface area contributed by atoms with Crippen LogP contribution in [0.15, 0.2) is 12.4 Å². The minimum atomic E-state index is -5.31. The molecule has 1 aliphatic heterocycles. The van der Waals surface area contributed by atoms with Crippen LogP contribution < -0.4 is 0 Å². The second-order valence-corrected chi connectivity index (χ2v) is 6.18. The molecule has 10 heteroatoms. The summed E-state index contributed by atoms with van der Waals surface area (Å²) < 4.78 is 61.5. The van der Waals surface area contributed by atoms with Gasteiger partial charge in [0.05, 0.1) is 12.4 Å². The van der Waals surface area contributed by atoms with Gasteiger partial charge in [-0.2, -0.15) is 21.6 Å². The van der Waals surface area contributed by atoms with Gasteiger partial charge in [0, 0.05) is 25.5 Å². The molecule has 0 aromatic rings. The van der Waals surface area contributed by atoms with Gasteiger partial charge in [0.25, 0.3) is 0 Å². The topological polar surface area (TPSA) is 66.9 Å². The highest BCUT2D eigenvalue weighted by molar-refractivity contribution is 7.87. The number of alkyl halides is 3. The van der Waals surface area contributed by atoms with Gasteiger partial charge in [-0.15, -0.1) is 0 Å². The number of carbonyl (C=O) groups is 1. The fourth-order valence-corrected chi connectivity index (χ4v) is 2.63. The number of carbonyl (C=O) groups excluding carboxylic acids is 1. The standard InChI is InChI=1S/C11H17F3N2O4S/c1-2-15-6-7-16(9-15)5-3-4-8-21(18,19)20-10(17)11(12,13)14/h6-7H,2-5,8-9H2,1H3. The van der Waals surface area contributed by atoms with Crippen molar-refractivity contribution in [2.24, 2.45) is 0 Å². The van der Waals surface area contributed by atoms with E-state index in [1.165, 1.54) is 0 Å². The summed E-state index contributed by atoms with van der Waals surface area (Å²) in [5, 5.41) is 0. The number of hydrogen-bond donors (Lipinski definition) is 0. The third-order valence-electron chi connectivity index (χ3n) is 2.78. The third-order valence-corrected chi connectivity index (χ3v) is 3.98. The molecule has 1 rings (SSSR count). The molecule has 122 valence electrons. The lowest BCUT2D eigenvalue weighted by Crippen LogP contribution is -2.29. The van der Waals surface area contributed by atoms with Crippen molar-refractivity contribution in [3.63, 3.8) is 0 Å². The molecule has 6 nitrogen and oxygen atoms in total. The van der Waals surface area contributed by atoms with Crippen LogP contribution in [0, 0.1) is 0 Å². The Morgan fingerprint density at radius 1 is 1.24 bits per heavy atom. The molecule has 0 amide bonds. The SMILES string of the molecule is CCN1C=CN(CCCCS(=O)(=O)OC(=O)C(F)(F)F)C1. The first-order valence-electron chi connectivity index (χ1n) is 6.34. The van der Waals surface area contributed by atoms with E-state index in [-0.39, 0.29) is 6.42 Å². The second kappa shape index (κ2) is 7.01. The number of hydrogen-bond acceptors (Lipinski definition) is 6. The molecule has 0 aromatic carbocycles. The summed E-state index contributed by atoms with van der Waals surface area (Å²) in [4.78, 5) is 14.4. The minimum Gasteiger partial charge on any atom is -0.359 e. The molecule has 1 aliphatic rings. The molecule has 0 spiro atoms. The molecule has 0 saturated heterocycles. The van der Waals surface area contributed by atoms with Gasteiger partial charge in [-0.25, -0.2) is 4.79 Å². The lowest BCUT2D eigenvalue weighted by molar-refractivity contribution is -0.189. The number of halogens is 3. The molecular formula is C11H17F3N2O4S. The molecule has 0 N–H and O–H groups in total. The maximum Gasteiger partial charge on any atom is 0.492 e. The highest BCUT2D eigenvalue weighted by Gasteiger charge is 2.43. The first-order valence-corrected chi connectivity index (χ1v) is 7.91. The van der Waals surface area contributed by atoms with E-state index >= 15 is 0 Å². The molecule has 0 unspecified atom stereocenters. The summed E-state index contributed by atoms with van der Waals surface area (Å²) in [6.45, 7) is 4.13. The first kappa shape index (κ1) is 17.6. The molecular weight excluding hydrogens is 313 g/mol. The van der Waals surface area contributed by atoms with Crippen molar-refractivity contribution in [2.45, 2.75) is 25.9 Å². The minimum absolute atomic E-state index is 0.115. The van der Waals surface area contributed by atoms with E-state index in [0.29, 0.717) is 19.6 Å². The molecule has 0 aromatic heterocycles. The lowest BCUT2D eigenvalue weighted by atomic mass is 10.3. The lowest BCUT2D eigenvalue weighted by Gasteiger charge is -2.19. The quantitative estimate of drug-likeness (QED) is 0.517. The van der Waals surface area contributed by atoms with Gasteiger partial charge in [0.1, 0.15) is 0 Å². The van der Waals surface area contributed by atoms with E-state index in [9.17, 15) is 26.4 Å². The Morgan fingerprint density at radius 2 is 1.86 bits per heavy atom. The van der Waals surface area contributed by atoms with Crippen LogP contribution in [0.25, 0.3) is 0 Å². The molecule has 1 heterocycles. The Labute approximate surface area is 121 Å². The van der Waals surface area contributed by atoms with Crippen molar-refractivity contribution < 1.29 is 30.6 Å². The van der Waals surface area contributed by atoms with Crippen LogP contribution in [0.4, 0.5) is 13.2 Å². The summed E-state index contributed by atoms with van der Waals surface area (Å²) in [5.41, 5.74) is 0. The summed E-state index contributed by atoms with van der Waals surface area (Å²) >= 11 is 0. The first-order chi connectivity index (χ1) is 9.64. The maximum atomic E-state index is 11.9. The van der Waals surface area contributed by atoms with Crippen molar-refractivity contribution in [2.75, 3.05) is 25.5 Å². The van der Waals surface area contributed by atoms with Crippen LogP contribution in [0.3, 0.4) is 0 Å². The monoisotopic (exact) mass is 330 g/mol. The molecule has 0 aliphatic carbocycles. The largest absolute Gasteiger partial charge is 0.492 e. The summed E-state index contributed by atoms with van der Waals surface area (Å²) in [5.74, 6) is -3.33. The normalized spacial score (nSPS) is 15.6. The van der Waals surface area contributed by atoms with Gasteiger partial charge < -0.3 is 14.0 Å². The second-order valence-electron chi connectivity index (χ2n) is 4.49. The van der Waals surface area contributed by atoms with E-state index in [0.717, 1.165) is 6.54 Å². The van der Waals surface area contributed by atoms with E-state index < -0.39 is 28.0 Å². The van der Waals surface area contributed by atoms with E-state index in [4.69, 9.17) is 0 Å². The van der Waals surface area contributed by atoms with Crippen LogP contribution in [-0.4, -0.2) is 55.9 Å². The van der Waals surface area contributed by atoms with Crippen LogP contribution in [0.1, 0.15) is 19.8 Å². The average molecular weight is 330 g/mol. The number of rotatable bonds is 7. The van der Waals surface area contributed by atoms with Crippen molar-refractivity contribution in [3.05, 3.63) is 12.4 Å². The van der Waals surface area contributed by atoms with Crippen LogP contribution in [0.2, 0.25) is 0 Å². The van der Waals surface area contributed by atoms with Gasteiger partial charge in [0.15, 0.2) is 0 Å². The zero-order chi connectivity index (χ0) is 16.1. The van der Waals surface area contributed by atoms with Gasteiger partial charge in [-0.3, -0.25) is 0 Å². The van der Waals surface area contributed by atoms with E-state index in [1.807, 2.05) is 29.1 Å². The highest BCUT2D eigenvalue weighted by atomic mass is 32.2. The average Bonchev–Trinajstić information content (AvgIpc) is 2.81. The summed E-state index contributed by atoms with van der Waals surface area (Å²) in [7, 11) is -4.49. The van der Waals surface area contributed by atoms with E-state index in [2.05, 4.69) is 4.18 Å². The molecule has 0 fully saturated rings.